The summed E-state index contributed by atoms with van der Waals surface area (Å²) in [4.78, 5) is 4.52. The normalized spacial score (nSPS) is 10.8. The molecule has 0 atom stereocenters. The average molecular weight is 330 g/mol. The van der Waals surface area contributed by atoms with Gasteiger partial charge in [-0.05, 0) is 30.2 Å². The van der Waals surface area contributed by atoms with Crippen molar-refractivity contribution in [2.45, 2.75) is 24.3 Å². The molecule has 0 bridgehead atoms. The molecule has 5 heteroatoms. The first-order valence-corrected chi connectivity index (χ1v) is 8.39. The van der Waals surface area contributed by atoms with Gasteiger partial charge in [-0.3, -0.25) is 5.10 Å². The molecule has 3 aromatic rings. The van der Waals surface area contributed by atoms with Crippen LogP contribution in [0.5, 0.6) is 0 Å². The molecule has 0 radical (unpaired) electrons. The standard InChI is InChI=1S/C17H16ClN3S/c1-12-2-4-14(5-3-12)11-22-17-19-16(20-21-17)10-13-6-8-15(18)9-7-13/h2-9H,10-11H2,1H3,(H,19,20,21). The van der Waals surface area contributed by atoms with E-state index in [1.165, 1.54) is 11.1 Å². The average Bonchev–Trinajstić information content (AvgIpc) is 2.97. The Bertz CT molecular complexity index is 735. The topological polar surface area (TPSA) is 41.6 Å². The lowest BCUT2D eigenvalue weighted by Gasteiger charge is -1.99. The number of hydrogen-bond donors (Lipinski definition) is 1. The van der Waals surface area contributed by atoms with Crippen LogP contribution in [0.3, 0.4) is 0 Å². The molecule has 0 fully saturated rings. The van der Waals surface area contributed by atoms with Crippen LogP contribution in [0, 0.1) is 6.92 Å². The maximum absolute atomic E-state index is 5.89. The highest BCUT2D eigenvalue weighted by Crippen LogP contribution is 2.20. The Morgan fingerprint density at radius 3 is 2.41 bits per heavy atom. The van der Waals surface area contributed by atoms with Crippen LogP contribution in [0.4, 0.5) is 0 Å². The molecule has 0 saturated carbocycles. The molecular weight excluding hydrogens is 314 g/mol. The van der Waals surface area contributed by atoms with Gasteiger partial charge in [0.15, 0.2) is 0 Å². The van der Waals surface area contributed by atoms with Gasteiger partial charge in [0, 0.05) is 17.2 Å². The number of nitrogens with one attached hydrogen (secondary N) is 1. The smallest absolute Gasteiger partial charge is 0.208 e. The molecule has 1 aromatic heterocycles. The van der Waals surface area contributed by atoms with Crippen molar-refractivity contribution in [2.24, 2.45) is 0 Å². The van der Waals surface area contributed by atoms with E-state index in [2.05, 4.69) is 46.4 Å². The number of rotatable bonds is 5. The summed E-state index contributed by atoms with van der Waals surface area (Å²) >= 11 is 7.53. The zero-order valence-electron chi connectivity index (χ0n) is 12.2. The summed E-state index contributed by atoms with van der Waals surface area (Å²) in [5.41, 5.74) is 3.71. The third-order valence-corrected chi connectivity index (χ3v) is 4.45. The van der Waals surface area contributed by atoms with Gasteiger partial charge < -0.3 is 0 Å². The Hall–Kier alpha value is -1.78. The number of aryl methyl sites for hydroxylation is 1. The van der Waals surface area contributed by atoms with E-state index in [1.54, 1.807) is 11.8 Å². The van der Waals surface area contributed by atoms with E-state index in [-0.39, 0.29) is 0 Å². The largest absolute Gasteiger partial charge is 0.262 e. The number of hydrogen-bond acceptors (Lipinski definition) is 3. The van der Waals surface area contributed by atoms with Crippen molar-refractivity contribution in [1.29, 1.82) is 0 Å². The molecule has 0 saturated heterocycles. The van der Waals surface area contributed by atoms with Crippen molar-refractivity contribution >= 4 is 23.4 Å². The van der Waals surface area contributed by atoms with Gasteiger partial charge in [0.05, 0.1) is 0 Å². The summed E-state index contributed by atoms with van der Waals surface area (Å²) in [6, 6.07) is 16.3. The minimum atomic E-state index is 0.731. The zero-order valence-corrected chi connectivity index (χ0v) is 13.8. The molecule has 0 aliphatic heterocycles. The Labute approximate surface area is 139 Å². The second-order valence-electron chi connectivity index (χ2n) is 5.14. The van der Waals surface area contributed by atoms with Gasteiger partial charge >= 0.3 is 0 Å². The molecule has 112 valence electrons. The van der Waals surface area contributed by atoms with Crippen LogP contribution in [0.25, 0.3) is 0 Å². The Morgan fingerprint density at radius 1 is 1.00 bits per heavy atom. The monoisotopic (exact) mass is 329 g/mol. The SMILES string of the molecule is Cc1ccc(CSc2n[nH]c(Cc3ccc(Cl)cc3)n2)cc1. The lowest BCUT2D eigenvalue weighted by atomic mass is 10.1. The van der Waals surface area contributed by atoms with E-state index < -0.39 is 0 Å². The van der Waals surface area contributed by atoms with Crippen LogP contribution >= 0.6 is 23.4 Å². The first-order chi connectivity index (χ1) is 10.7. The first kappa shape index (κ1) is 15.1. The molecule has 1 N–H and O–H groups in total. The van der Waals surface area contributed by atoms with Crippen LogP contribution in [0.1, 0.15) is 22.5 Å². The van der Waals surface area contributed by atoms with Gasteiger partial charge in [-0.25, -0.2) is 4.98 Å². The molecule has 3 rings (SSSR count). The van der Waals surface area contributed by atoms with Crippen LogP contribution in [-0.2, 0) is 12.2 Å². The van der Waals surface area contributed by atoms with E-state index in [9.17, 15) is 0 Å². The molecule has 0 aliphatic rings. The van der Waals surface area contributed by atoms with Crippen LogP contribution < -0.4 is 0 Å². The van der Waals surface area contributed by atoms with Gasteiger partial charge in [0.2, 0.25) is 5.16 Å². The Morgan fingerprint density at radius 2 is 1.68 bits per heavy atom. The fourth-order valence-electron chi connectivity index (χ4n) is 2.05. The van der Waals surface area contributed by atoms with Gasteiger partial charge in [-0.15, -0.1) is 5.10 Å². The lowest BCUT2D eigenvalue weighted by molar-refractivity contribution is 0.956. The zero-order chi connectivity index (χ0) is 15.4. The van der Waals surface area contributed by atoms with Crippen LogP contribution in [-0.4, -0.2) is 15.2 Å². The molecule has 1 heterocycles. The third kappa shape index (κ3) is 4.12. The molecule has 0 aliphatic carbocycles. The molecule has 0 spiro atoms. The molecular formula is C17H16ClN3S. The van der Waals surface area contributed by atoms with Crippen molar-refractivity contribution in [3.05, 3.63) is 76.1 Å². The molecule has 2 aromatic carbocycles. The summed E-state index contributed by atoms with van der Waals surface area (Å²) in [7, 11) is 0. The minimum absolute atomic E-state index is 0.731. The molecule has 3 nitrogen and oxygen atoms in total. The predicted octanol–water partition coefficient (Wildman–Crippen LogP) is 4.65. The van der Waals surface area contributed by atoms with Crippen molar-refractivity contribution in [2.75, 3.05) is 0 Å². The molecule has 0 unspecified atom stereocenters. The second kappa shape index (κ2) is 6.99. The summed E-state index contributed by atoms with van der Waals surface area (Å²) in [6.45, 7) is 2.09. The van der Waals surface area contributed by atoms with E-state index in [0.717, 1.165) is 33.7 Å². The fraction of sp³-hybridized carbons (Fsp3) is 0.176. The quantitative estimate of drug-likeness (QED) is 0.693. The van der Waals surface area contributed by atoms with Crippen molar-refractivity contribution in [3.8, 4) is 0 Å². The number of halogens is 1. The maximum Gasteiger partial charge on any atom is 0.208 e. The van der Waals surface area contributed by atoms with E-state index >= 15 is 0 Å². The number of aromatic nitrogens is 3. The Kier molecular flexibility index (Phi) is 4.80. The molecule has 22 heavy (non-hydrogen) atoms. The minimum Gasteiger partial charge on any atom is -0.262 e. The van der Waals surface area contributed by atoms with Crippen LogP contribution in [0.2, 0.25) is 5.02 Å². The summed E-state index contributed by atoms with van der Waals surface area (Å²) in [5, 5.41) is 8.79. The first-order valence-electron chi connectivity index (χ1n) is 7.03. The summed E-state index contributed by atoms with van der Waals surface area (Å²) < 4.78 is 0. The number of thioether (sulfide) groups is 1. The van der Waals surface area contributed by atoms with Gasteiger partial charge in [-0.1, -0.05) is 65.3 Å². The highest BCUT2D eigenvalue weighted by atomic mass is 35.5. The van der Waals surface area contributed by atoms with Gasteiger partial charge in [0.1, 0.15) is 5.82 Å². The predicted molar refractivity (Wildman–Crippen MR) is 91.4 cm³/mol. The highest BCUT2D eigenvalue weighted by molar-refractivity contribution is 7.98. The number of nitrogens with zero attached hydrogens (tertiary/aromatic N) is 2. The summed E-state index contributed by atoms with van der Waals surface area (Å²) in [6.07, 6.45) is 0.731. The second-order valence-corrected chi connectivity index (χ2v) is 6.52. The summed E-state index contributed by atoms with van der Waals surface area (Å²) in [5.74, 6) is 1.74. The van der Waals surface area contributed by atoms with Gasteiger partial charge in [-0.2, -0.15) is 0 Å². The number of H-pyrrole nitrogens is 1. The number of benzene rings is 2. The lowest BCUT2D eigenvalue weighted by Crippen LogP contribution is -1.90. The van der Waals surface area contributed by atoms with Crippen molar-refractivity contribution in [1.82, 2.24) is 15.2 Å². The van der Waals surface area contributed by atoms with Crippen molar-refractivity contribution < 1.29 is 0 Å². The van der Waals surface area contributed by atoms with E-state index in [4.69, 9.17) is 11.6 Å². The van der Waals surface area contributed by atoms with Gasteiger partial charge in [0.25, 0.3) is 0 Å². The van der Waals surface area contributed by atoms with E-state index in [0.29, 0.717) is 0 Å². The molecule has 0 amide bonds. The Balaban J connectivity index is 1.59. The van der Waals surface area contributed by atoms with Crippen molar-refractivity contribution in [3.63, 3.8) is 0 Å². The fourth-order valence-corrected chi connectivity index (χ4v) is 2.95. The third-order valence-electron chi connectivity index (χ3n) is 3.28. The number of aromatic amines is 1. The maximum atomic E-state index is 5.89. The highest BCUT2D eigenvalue weighted by Gasteiger charge is 2.05. The van der Waals surface area contributed by atoms with Crippen LogP contribution in [0.15, 0.2) is 53.7 Å². The van der Waals surface area contributed by atoms with E-state index in [1.807, 2.05) is 24.3 Å².